The van der Waals surface area contributed by atoms with Crippen LogP contribution in [0.5, 0.6) is 0 Å². The van der Waals surface area contributed by atoms with E-state index in [2.05, 4.69) is 18.7 Å². The molecule has 1 N–H and O–H groups in total. The summed E-state index contributed by atoms with van der Waals surface area (Å²) in [6.45, 7) is 8.84. The van der Waals surface area contributed by atoms with Crippen molar-refractivity contribution in [2.24, 2.45) is 0 Å². The number of carbonyl (C=O) groups is 1. The van der Waals surface area contributed by atoms with E-state index >= 15 is 0 Å². The molecule has 0 aliphatic carbocycles. The van der Waals surface area contributed by atoms with Crippen molar-refractivity contribution in [3.05, 3.63) is 11.6 Å². The summed E-state index contributed by atoms with van der Waals surface area (Å²) in [5, 5.41) is 8.58. The van der Waals surface area contributed by atoms with Crippen molar-refractivity contribution < 1.29 is 22.8 Å². The summed E-state index contributed by atoms with van der Waals surface area (Å²) < 4.78 is 29.0. The lowest BCUT2D eigenvalue weighted by molar-refractivity contribution is -0.132. The largest absolute Gasteiger partial charge is 0.762 e. The van der Waals surface area contributed by atoms with Gasteiger partial charge in [0.25, 0.3) is 0 Å². The van der Waals surface area contributed by atoms with Crippen LogP contribution in [0.2, 0.25) is 0 Å². The fourth-order valence-electron chi connectivity index (χ4n) is 1.09. The SMILES string of the molecule is CCN(CC)CCC=C(C)C(=O)O.FB(F)F. The second kappa shape index (κ2) is 11.5. The Hall–Kier alpha value is -0.975. The standard InChI is InChI=1S/C10H19NO2.BF3/c1-4-11(5-2)8-6-7-9(3)10(12)13;2-1(3)4/h7H,4-6,8H2,1-3H3,(H,12,13);. The second-order valence-corrected chi connectivity index (χ2v) is 3.26. The third-order valence-corrected chi connectivity index (χ3v) is 2.13. The quantitative estimate of drug-likeness (QED) is 0.584. The van der Waals surface area contributed by atoms with Gasteiger partial charge in [0, 0.05) is 12.1 Å². The highest BCUT2D eigenvalue weighted by atomic mass is 19.4. The van der Waals surface area contributed by atoms with Gasteiger partial charge >= 0.3 is 13.5 Å². The van der Waals surface area contributed by atoms with Gasteiger partial charge in [-0.15, -0.1) is 0 Å². The molecule has 0 bridgehead atoms. The Morgan fingerprint density at radius 3 is 2.00 bits per heavy atom. The van der Waals surface area contributed by atoms with Gasteiger partial charge in [-0.05, 0) is 26.4 Å². The Balaban J connectivity index is 0. The summed E-state index contributed by atoms with van der Waals surface area (Å²) >= 11 is 0. The molecule has 0 spiro atoms. The predicted octanol–water partition coefficient (Wildman–Crippen LogP) is 2.63. The van der Waals surface area contributed by atoms with Crippen LogP contribution in [0, 0.1) is 0 Å². The van der Waals surface area contributed by atoms with Gasteiger partial charge in [0.2, 0.25) is 0 Å². The first kappa shape index (κ1) is 18.4. The van der Waals surface area contributed by atoms with E-state index in [1.54, 1.807) is 13.0 Å². The molecule has 0 aliphatic rings. The highest BCUT2D eigenvalue weighted by molar-refractivity contribution is 6.33. The molecular formula is C10H19BF3NO2. The highest BCUT2D eigenvalue weighted by Crippen LogP contribution is 1.97. The maximum Gasteiger partial charge on any atom is 0.762 e. The molecule has 0 amide bonds. The maximum absolute atomic E-state index is 10.4. The molecule has 3 nitrogen and oxygen atoms in total. The van der Waals surface area contributed by atoms with Gasteiger partial charge in [0.05, 0.1) is 0 Å². The predicted molar refractivity (Wildman–Crippen MR) is 62.9 cm³/mol. The first-order chi connectivity index (χ1) is 7.84. The number of nitrogens with zero attached hydrogens (tertiary/aromatic N) is 1. The highest BCUT2D eigenvalue weighted by Gasteiger charge is 2.06. The lowest BCUT2D eigenvalue weighted by atomic mass is 10.2. The van der Waals surface area contributed by atoms with Crippen LogP contribution in [-0.2, 0) is 4.79 Å². The van der Waals surface area contributed by atoms with Crippen molar-refractivity contribution in [2.45, 2.75) is 27.2 Å². The minimum Gasteiger partial charge on any atom is -0.478 e. The van der Waals surface area contributed by atoms with E-state index in [0.29, 0.717) is 5.57 Å². The molecule has 17 heavy (non-hydrogen) atoms. The molecule has 0 fully saturated rings. The molecule has 0 aliphatic heterocycles. The number of hydrogen-bond donors (Lipinski definition) is 1. The van der Waals surface area contributed by atoms with Crippen molar-refractivity contribution in [2.75, 3.05) is 19.6 Å². The Morgan fingerprint density at radius 1 is 1.29 bits per heavy atom. The van der Waals surface area contributed by atoms with E-state index in [1.807, 2.05) is 0 Å². The maximum atomic E-state index is 10.4. The molecule has 0 rings (SSSR count). The molecule has 0 saturated heterocycles. The topological polar surface area (TPSA) is 40.5 Å². The monoisotopic (exact) mass is 253 g/mol. The number of halogens is 3. The minimum atomic E-state index is -3.67. The summed E-state index contributed by atoms with van der Waals surface area (Å²) in [5.41, 5.74) is 0.437. The van der Waals surface area contributed by atoms with Gasteiger partial charge in [-0.3, -0.25) is 12.9 Å². The average molecular weight is 253 g/mol. The van der Waals surface area contributed by atoms with Crippen LogP contribution < -0.4 is 0 Å². The van der Waals surface area contributed by atoms with Gasteiger partial charge in [-0.2, -0.15) is 0 Å². The van der Waals surface area contributed by atoms with E-state index in [9.17, 15) is 17.7 Å². The second-order valence-electron chi connectivity index (χ2n) is 3.26. The molecule has 0 heterocycles. The molecule has 0 unspecified atom stereocenters. The van der Waals surface area contributed by atoms with Crippen LogP contribution in [-0.4, -0.2) is 43.2 Å². The summed E-state index contributed by atoms with van der Waals surface area (Å²) in [4.78, 5) is 12.7. The average Bonchev–Trinajstić information content (AvgIpc) is 2.23. The summed E-state index contributed by atoms with van der Waals surface area (Å²) in [7, 11) is -3.67. The number of carboxylic acids is 1. The van der Waals surface area contributed by atoms with Crippen molar-refractivity contribution in [3.63, 3.8) is 0 Å². The lowest BCUT2D eigenvalue weighted by Gasteiger charge is -2.16. The molecule has 0 aromatic rings. The van der Waals surface area contributed by atoms with Gasteiger partial charge < -0.3 is 10.0 Å². The Morgan fingerprint density at radius 2 is 1.71 bits per heavy atom. The normalized spacial score (nSPS) is 10.9. The van der Waals surface area contributed by atoms with E-state index in [0.717, 1.165) is 26.1 Å². The molecule has 7 heteroatoms. The number of rotatable bonds is 6. The van der Waals surface area contributed by atoms with E-state index in [-0.39, 0.29) is 0 Å². The van der Waals surface area contributed by atoms with Crippen LogP contribution in [0.3, 0.4) is 0 Å². The zero-order valence-electron chi connectivity index (χ0n) is 10.4. The zero-order valence-corrected chi connectivity index (χ0v) is 10.4. The number of aliphatic carboxylic acids is 1. The Labute approximate surface area is 101 Å². The summed E-state index contributed by atoms with van der Waals surface area (Å²) in [5.74, 6) is -0.820. The zero-order chi connectivity index (χ0) is 13.8. The molecular weight excluding hydrogens is 234 g/mol. The molecule has 0 aromatic heterocycles. The van der Waals surface area contributed by atoms with Gasteiger partial charge in [-0.1, -0.05) is 19.9 Å². The number of hydrogen-bond acceptors (Lipinski definition) is 2. The van der Waals surface area contributed by atoms with Crippen LogP contribution >= 0.6 is 0 Å². The minimum absolute atomic E-state index is 0.437. The van der Waals surface area contributed by atoms with Crippen molar-refractivity contribution in [3.8, 4) is 0 Å². The van der Waals surface area contributed by atoms with Crippen LogP contribution in [0.4, 0.5) is 12.9 Å². The Kier molecular flexibility index (Phi) is 12.5. The van der Waals surface area contributed by atoms with Crippen molar-refractivity contribution in [1.82, 2.24) is 4.90 Å². The fourth-order valence-corrected chi connectivity index (χ4v) is 1.09. The first-order valence-electron chi connectivity index (χ1n) is 5.39. The molecule has 0 radical (unpaired) electrons. The van der Waals surface area contributed by atoms with E-state index in [4.69, 9.17) is 5.11 Å². The lowest BCUT2D eigenvalue weighted by Crippen LogP contribution is -2.23. The third kappa shape index (κ3) is 15.0. The fraction of sp³-hybridized carbons (Fsp3) is 0.700. The van der Waals surface area contributed by atoms with Gasteiger partial charge in [-0.25, -0.2) is 4.79 Å². The van der Waals surface area contributed by atoms with E-state index in [1.165, 1.54) is 0 Å². The molecule has 0 saturated carbocycles. The van der Waals surface area contributed by atoms with Gasteiger partial charge in [0.15, 0.2) is 0 Å². The van der Waals surface area contributed by atoms with Crippen LogP contribution in [0.1, 0.15) is 27.2 Å². The van der Waals surface area contributed by atoms with Crippen molar-refractivity contribution >= 4 is 13.5 Å². The smallest absolute Gasteiger partial charge is 0.478 e. The van der Waals surface area contributed by atoms with Crippen molar-refractivity contribution in [1.29, 1.82) is 0 Å². The summed E-state index contributed by atoms with van der Waals surface area (Å²) in [6.07, 6.45) is 2.60. The molecule has 0 aromatic carbocycles. The van der Waals surface area contributed by atoms with Gasteiger partial charge in [0.1, 0.15) is 0 Å². The first-order valence-corrected chi connectivity index (χ1v) is 5.39. The third-order valence-electron chi connectivity index (χ3n) is 2.13. The van der Waals surface area contributed by atoms with E-state index < -0.39 is 13.5 Å². The molecule has 0 atom stereocenters. The summed E-state index contributed by atoms with van der Waals surface area (Å²) in [6, 6.07) is 0. The molecule has 100 valence electrons. The Bertz CT molecular complexity index is 231. The van der Waals surface area contributed by atoms with Crippen LogP contribution in [0.15, 0.2) is 11.6 Å². The van der Waals surface area contributed by atoms with Crippen LogP contribution in [0.25, 0.3) is 0 Å². The number of carboxylic acid groups (broad SMARTS) is 1.